The van der Waals surface area contributed by atoms with Crippen molar-refractivity contribution < 1.29 is 10.0 Å². The van der Waals surface area contributed by atoms with Crippen molar-refractivity contribution in [1.29, 1.82) is 0 Å². The summed E-state index contributed by atoms with van der Waals surface area (Å²) in [4.78, 5) is 10.4. The number of fused-ring (bicyclic) bond motifs is 7. The summed E-state index contributed by atoms with van der Waals surface area (Å²) in [7, 11) is -1.58. The number of nitrogens with zero attached hydrogens (tertiary/aromatic N) is 3. The lowest BCUT2D eigenvalue weighted by Gasteiger charge is -2.21. The monoisotopic (exact) mass is 605 g/mol. The quantitative estimate of drug-likeness (QED) is 0.202. The van der Waals surface area contributed by atoms with E-state index in [0.29, 0.717) is 11.4 Å². The zero-order valence-corrected chi connectivity index (χ0v) is 25.9. The van der Waals surface area contributed by atoms with Gasteiger partial charge in [-0.05, 0) is 57.0 Å². The van der Waals surface area contributed by atoms with Crippen LogP contribution in [0.15, 0.2) is 121 Å². The van der Waals surface area contributed by atoms with Gasteiger partial charge in [0.2, 0.25) is 5.95 Å². The van der Waals surface area contributed by atoms with E-state index in [-0.39, 0.29) is 5.41 Å². The maximum absolute atomic E-state index is 10.1. The molecule has 1 aliphatic carbocycles. The van der Waals surface area contributed by atoms with Gasteiger partial charge in [-0.3, -0.25) is 4.57 Å². The minimum absolute atomic E-state index is 0.187. The number of hydrogen-bond donors (Lipinski definition) is 2. The van der Waals surface area contributed by atoms with Gasteiger partial charge in [0.15, 0.2) is 0 Å². The van der Waals surface area contributed by atoms with Crippen LogP contribution < -0.4 is 5.46 Å². The van der Waals surface area contributed by atoms with Crippen LogP contribution in [0.4, 0.5) is 0 Å². The summed E-state index contributed by atoms with van der Waals surface area (Å²) in [6.07, 6.45) is 0. The van der Waals surface area contributed by atoms with Crippen molar-refractivity contribution in [3.8, 4) is 39.5 Å². The molecule has 6 aromatic carbocycles. The second-order valence-electron chi connectivity index (χ2n) is 12.8. The van der Waals surface area contributed by atoms with Gasteiger partial charge in [-0.1, -0.05) is 117 Å². The van der Waals surface area contributed by atoms with E-state index in [1.165, 1.54) is 22.3 Å². The molecule has 0 spiro atoms. The highest BCUT2D eigenvalue weighted by atomic mass is 16.4. The molecule has 9 rings (SSSR count). The van der Waals surface area contributed by atoms with Crippen LogP contribution in [-0.4, -0.2) is 31.7 Å². The second kappa shape index (κ2) is 10.1. The molecule has 0 unspecified atom stereocenters. The van der Waals surface area contributed by atoms with E-state index in [0.717, 1.165) is 55.1 Å². The first-order chi connectivity index (χ1) is 22.9. The van der Waals surface area contributed by atoms with Crippen LogP contribution >= 0.6 is 0 Å². The Kier molecular flexibility index (Phi) is 5.94. The van der Waals surface area contributed by atoms with Gasteiger partial charge in [0.1, 0.15) is 0 Å². The normalized spacial score (nSPS) is 13.1. The summed E-state index contributed by atoms with van der Waals surface area (Å²) in [5.74, 6) is 0.530. The van der Waals surface area contributed by atoms with E-state index < -0.39 is 7.12 Å². The Morgan fingerprint density at radius 3 is 2.13 bits per heavy atom. The highest BCUT2D eigenvalue weighted by molar-refractivity contribution is 6.59. The van der Waals surface area contributed by atoms with Gasteiger partial charge < -0.3 is 10.0 Å². The molecular formula is C41H28BN3O2. The molecule has 0 fully saturated rings. The van der Waals surface area contributed by atoms with Crippen LogP contribution in [0.5, 0.6) is 0 Å². The van der Waals surface area contributed by atoms with E-state index in [4.69, 9.17) is 9.97 Å². The Bertz CT molecular complexity index is 2520. The van der Waals surface area contributed by atoms with E-state index in [9.17, 15) is 10.0 Å². The Morgan fingerprint density at radius 2 is 1.32 bits per heavy atom. The summed E-state index contributed by atoms with van der Waals surface area (Å²) in [5.41, 5.74) is 11.9. The van der Waals surface area contributed by atoms with Crippen molar-refractivity contribution >= 4 is 45.3 Å². The maximum Gasteiger partial charge on any atom is 0.488 e. The van der Waals surface area contributed by atoms with Crippen molar-refractivity contribution in [2.24, 2.45) is 0 Å². The highest BCUT2D eigenvalue weighted by Crippen LogP contribution is 2.50. The molecule has 0 bridgehead atoms. The minimum Gasteiger partial charge on any atom is -0.423 e. The molecule has 0 amide bonds. The van der Waals surface area contributed by atoms with Crippen LogP contribution in [0.1, 0.15) is 25.0 Å². The minimum atomic E-state index is -1.58. The molecule has 0 aliphatic heterocycles. The van der Waals surface area contributed by atoms with Gasteiger partial charge in [0.05, 0.1) is 22.2 Å². The van der Waals surface area contributed by atoms with Crippen LogP contribution in [0.25, 0.3) is 72.2 Å². The fraction of sp³-hybridized carbons (Fsp3) is 0.0732. The first-order valence-electron chi connectivity index (χ1n) is 15.7. The van der Waals surface area contributed by atoms with Crippen molar-refractivity contribution in [3.63, 3.8) is 0 Å². The van der Waals surface area contributed by atoms with Gasteiger partial charge in [0, 0.05) is 39.3 Å². The molecule has 2 aromatic heterocycles. The molecule has 222 valence electrons. The van der Waals surface area contributed by atoms with Gasteiger partial charge in [0.25, 0.3) is 0 Å². The first-order valence-corrected chi connectivity index (χ1v) is 15.7. The number of rotatable bonds is 4. The van der Waals surface area contributed by atoms with Gasteiger partial charge in [-0.25, -0.2) is 9.97 Å². The van der Waals surface area contributed by atoms with Crippen LogP contribution in [0.3, 0.4) is 0 Å². The van der Waals surface area contributed by atoms with Crippen molar-refractivity contribution in [1.82, 2.24) is 14.5 Å². The zero-order valence-electron chi connectivity index (χ0n) is 25.9. The standard InChI is InChI=1S/C41H28BN3O2/c1-41(2)34-14-8-6-12-29(34)31-24-38-33(23-35(31)41)32-22-28(42(46)47)20-21-37(32)45(38)40-43-36-15-9-7-13-30(36)39(44-40)27-18-16-26(17-19-27)25-10-4-3-5-11-25/h3-6,8,10-24,46-47H,1-2H3. The predicted molar refractivity (Wildman–Crippen MR) is 190 cm³/mol. The van der Waals surface area contributed by atoms with E-state index >= 15 is 0 Å². The summed E-state index contributed by atoms with van der Waals surface area (Å²) < 4.78 is 2.10. The van der Waals surface area contributed by atoms with Crippen molar-refractivity contribution in [3.05, 3.63) is 145 Å². The molecule has 6 heteroatoms. The smallest absolute Gasteiger partial charge is 0.423 e. The topological polar surface area (TPSA) is 71.2 Å². The lowest BCUT2D eigenvalue weighted by molar-refractivity contribution is 0.426. The fourth-order valence-corrected chi connectivity index (χ4v) is 7.33. The molecule has 5 nitrogen and oxygen atoms in total. The maximum atomic E-state index is 10.1. The predicted octanol–water partition coefficient (Wildman–Crippen LogP) is 7.65. The Hall–Kier alpha value is -5.74. The lowest BCUT2D eigenvalue weighted by Crippen LogP contribution is -2.29. The number of benzene rings is 5. The Balaban J connectivity index is 1.32. The van der Waals surface area contributed by atoms with Crippen LogP contribution in [-0.2, 0) is 5.41 Å². The van der Waals surface area contributed by atoms with E-state index in [1.807, 2.05) is 42.5 Å². The van der Waals surface area contributed by atoms with Gasteiger partial charge >= 0.3 is 7.12 Å². The van der Waals surface area contributed by atoms with Gasteiger partial charge in [-0.2, -0.15) is 0 Å². The molecule has 0 saturated heterocycles. The third kappa shape index (κ3) is 4.14. The zero-order chi connectivity index (χ0) is 31.9. The summed E-state index contributed by atoms with van der Waals surface area (Å²) in [5, 5.41) is 23.1. The fourth-order valence-electron chi connectivity index (χ4n) is 7.33. The molecule has 2 heterocycles. The average Bonchev–Trinajstić information content (AvgIpc) is 3.55. The van der Waals surface area contributed by atoms with Crippen LogP contribution in [0, 0.1) is 12.1 Å². The van der Waals surface area contributed by atoms with Crippen LogP contribution in [0.2, 0.25) is 0 Å². The summed E-state index contributed by atoms with van der Waals surface area (Å²) >= 11 is 0. The van der Waals surface area contributed by atoms with E-state index in [2.05, 4.69) is 103 Å². The second-order valence-corrected chi connectivity index (χ2v) is 12.8. The SMILES string of the molecule is CC1(C)c2ccccc2-c2cc3c(cc21)c1cc(B(O)O)ccc1n3-c1nc(-c2ccc(-c3ccccc3)cc2)c2cc#ccc2n1. The summed E-state index contributed by atoms with van der Waals surface area (Å²) in [6, 6.07) is 47.4. The molecule has 8 aromatic rings. The Labute approximate surface area is 272 Å². The first kappa shape index (κ1) is 27.6. The largest absolute Gasteiger partial charge is 0.488 e. The highest BCUT2D eigenvalue weighted by Gasteiger charge is 2.36. The third-order valence-corrected chi connectivity index (χ3v) is 9.73. The van der Waals surface area contributed by atoms with E-state index in [1.54, 1.807) is 6.07 Å². The van der Waals surface area contributed by atoms with Gasteiger partial charge in [-0.15, -0.1) is 0 Å². The molecule has 1 aliphatic rings. The molecule has 0 atom stereocenters. The molecule has 47 heavy (non-hydrogen) atoms. The Morgan fingerprint density at radius 1 is 0.617 bits per heavy atom. The molecule has 0 saturated carbocycles. The number of aromatic nitrogens is 3. The molecular weight excluding hydrogens is 577 g/mol. The summed E-state index contributed by atoms with van der Waals surface area (Å²) in [6.45, 7) is 4.53. The van der Waals surface area contributed by atoms with Crippen molar-refractivity contribution in [2.75, 3.05) is 0 Å². The average molecular weight is 606 g/mol. The third-order valence-electron chi connectivity index (χ3n) is 9.73. The molecule has 2 N–H and O–H groups in total. The molecule has 0 radical (unpaired) electrons. The number of hydrogen-bond acceptors (Lipinski definition) is 4. The lowest BCUT2D eigenvalue weighted by atomic mass is 9.79. The van der Waals surface area contributed by atoms with Crippen molar-refractivity contribution in [2.45, 2.75) is 19.3 Å².